The zero-order chi connectivity index (χ0) is 16.1. The Morgan fingerprint density at radius 1 is 1.22 bits per heavy atom. The van der Waals surface area contributed by atoms with E-state index in [9.17, 15) is 4.79 Å². The van der Waals surface area contributed by atoms with E-state index in [2.05, 4.69) is 20.5 Å². The van der Waals surface area contributed by atoms with Gasteiger partial charge in [-0.15, -0.1) is 10.2 Å². The maximum absolute atomic E-state index is 12.1. The van der Waals surface area contributed by atoms with Crippen LogP contribution in [0.1, 0.15) is 10.4 Å². The Morgan fingerprint density at radius 3 is 2.65 bits per heavy atom. The number of anilines is 1. The molecule has 3 aromatic rings. The zero-order valence-corrected chi connectivity index (χ0v) is 13.7. The molecule has 0 spiro atoms. The van der Waals surface area contributed by atoms with Gasteiger partial charge in [0.25, 0.3) is 5.91 Å². The Labute approximate surface area is 140 Å². The van der Waals surface area contributed by atoms with Crippen LogP contribution in [0.5, 0.6) is 5.88 Å². The molecule has 0 aliphatic heterocycles. The van der Waals surface area contributed by atoms with Crippen LogP contribution >= 0.6 is 23.1 Å². The van der Waals surface area contributed by atoms with E-state index in [-0.39, 0.29) is 5.91 Å². The van der Waals surface area contributed by atoms with Crippen LogP contribution in [-0.2, 0) is 0 Å². The Morgan fingerprint density at radius 2 is 2.04 bits per heavy atom. The highest BCUT2D eigenvalue weighted by molar-refractivity contribution is 8.01. The monoisotopic (exact) mass is 344 g/mol. The lowest BCUT2D eigenvalue weighted by molar-refractivity contribution is 0.102. The SMILES string of the molecule is COc1ccc(C(=O)Nc2ccc(Sc3nncs3)cc2)cn1. The first kappa shape index (κ1) is 15.4. The van der Waals surface area contributed by atoms with Crippen molar-refractivity contribution in [2.24, 2.45) is 0 Å². The topological polar surface area (TPSA) is 77.0 Å². The number of rotatable bonds is 5. The van der Waals surface area contributed by atoms with Crippen molar-refractivity contribution in [3.05, 3.63) is 53.7 Å². The number of amides is 1. The largest absolute Gasteiger partial charge is 0.481 e. The lowest BCUT2D eigenvalue weighted by Crippen LogP contribution is -2.12. The van der Waals surface area contributed by atoms with Crippen LogP contribution < -0.4 is 10.1 Å². The van der Waals surface area contributed by atoms with Crippen LogP contribution in [0, 0.1) is 0 Å². The molecule has 1 aromatic carbocycles. The molecule has 2 aromatic heterocycles. The molecule has 0 atom stereocenters. The number of nitrogens with one attached hydrogen (secondary N) is 1. The van der Waals surface area contributed by atoms with E-state index in [1.807, 2.05) is 24.3 Å². The lowest BCUT2D eigenvalue weighted by atomic mass is 10.2. The van der Waals surface area contributed by atoms with Gasteiger partial charge in [0.1, 0.15) is 5.51 Å². The number of aromatic nitrogens is 3. The quantitative estimate of drug-likeness (QED) is 0.765. The van der Waals surface area contributed by atoms with Crippen molar-refractivity contribution >= 4 is 34.7 Å². The third-order valence-corrected chi connectivity index (χ3v) is 4.65. The van der Waals surface area contributed by atoms with Crippen LogP contribution in [0.25, 0.3) is 0 Å². The molecule has 1 N–H and O–H groups in total. The highest BCUT2D eigenvalue weighted by Crippen LogP contribution is 2.29. The number of nitrogens with zero attached hydrogens (tertiary/aromatic N) is 3. The minimum atomic E-state index is -0.218. The molecule has 0 aliphatic carbocycles. The van der Waals surface area contributed by atoms with Gasteiger partial charge in [-0.25, -0.2) is 4.98 Å². The van der Waals surface area contributed by atoms with E-state index in [0.29, 0.717) is 17.1 Å². The Bertz CT molecular complexity index is 774. The molecule has 8 heteroatoms. The third kappa shape index (κ3) is 4.05. The molecule has 6 nitrogen and oxygen atoms in total. The normalized spacial score (nSPS) is 10.3. The summed E-state index contributed by atoms with van der Waals surface area (Å²) in [6.07, 6.45) is 1.48. The van der Waals surface area contributed by atoms with Crippen molar-refractivity contribution in [1.82, 2.24) is 15.2 Å². The Kier molecular flexibility index (Phi) is 4.84. The number of carbonyl (C=O) groups excluding carboxylic acids is 1. The summed E-state index contributed by atoms with van der Waals surface area (Å²) < 4.78 is 5.85. The minimum absolute atomic E-state index is 0.218. The number of hydrogen-bond donors (Lipinski definition) is 1. The van der Waals surface area contributed by atoms with Gasteiger partial charge in [-0.3, -0.25) is 4.79 Å². The summed E-state index contributed by atoms with van der Waals surface area (Å²) in [5.74, 6) is 0.254. The van der Waals surface area contributed by atoms with Crippen molar-refractivity contribution in [3.8, 4) is 5.88 Å². The summed E-state index contributed by atoms with van der Waals surface area (Å²) >= 11 is 3.02. The number of pyridine rings is 1. The van der Waals surface area contributed by atoms with Crippen molar-refractivity contribution in [2.75, 3.05) is 12.4 Å². The highest BCUT2D eigenvalue weighted by atomic mass is 32.2. The molecule has 0 saturated carbocycles. The average Bonchev–Trinajstić information content (AvgIpc) is 3.10. The number of methoxy groups -OCH3 is 1. The van der Waals surface area contributed by atoms with Crippen molar-refractivity contribution in [3.63, 3.8) is 0 Å². The highest BCUT2D eigenvalue weighted by Gasteiger charge is 2.07. The zero-order valence-electron chi connectivity index (χ0n) is 12.1. The predicted molar refractivity (Wildman–Crippen MR) is 89.2 cm³/mol. The number of ether oxygens (including phenoxy) is 1. The van der Waals surface area contributed by atoms with Crippen LogP contribution in [0.15, 0.2) is 57.3 Å². The summed E-state index contributed by atoms with van der Waals surface area (Å²) in [6.45, 7) is 0. The molecule has 0 fully saturated rings. The van der Waals surface area contributed by atoms with Gasteiger partial charge in [0, 0.05) is 22.8 Å². The molecule has 23 heavy (non-hydrogen) atoms. The van der Waals surface area contributed by atoms with Gasteiger partial charge < -0.3 is 10.1 Å². The van der Waals surface area contributed by atoms with Gasteiger partial charge in [0.15, 0.2) is 4.34 Å². The molecule has 0 saturated heterocycles. The summed E-state index contributed by atoms with van der Waals surface area (Å²) in [7, 11) is 1.53. The van der Waals surface area contributed by atoms with E-state index in [4.69, 9.17) is 4.74 Å². The maximum atomic E-state index is 12.1. The standard InChI is InChI=1S/C15H12N4O2S2/c1-21-13-7-2-10(8-16-13)14(20)18-11-3-5-12(6-4-11)23-15-19-17-9-22-15/h2-9H,1H3,(H,18,20). The van der Waals surface area contributed by atoms with Gasteiger partial charge in [0.05, 0.1) is 12.7 Å². The Hall–Kier alpha value is -2.45. The van der Waals surface area contributed by atoms with Gasteiger partial charge in [-0.1, -0.05) is 23.1 Å². The second-order valence-corrected chi connectivity index (χ2v) is 6.53. The second-order valence-electron chi connectivity index (χ2n) is 4.37. The van der Waals surface area contributed by atoms with Gasteiger partial charge in [-0.2, -0.15) is 0 Å². The molecule has 0 bridgehead atoms. The van der Waals surface area contributed by atoms with Crippen LogP contribution in [0.4, 0.5) is 5.69 Å². The van der Waals surface area contributed by atoms with Gasteiger partial charge >= 0.3 is 0 Å². The average molecular weight is 344 g/mol. The molecule has 0 radical (unpaired) electrons. The molecule has 0 aliphatic rings. The number of benzene rings is 1. The molecule has 3 rings (SSSR count). The number of carbonyl (C=O) groups is 1. The summed E-state index contributed by atoms with van der Waals surface area (Å²) in [5.41, 5.74) is 2.88. The lowest BCUT2D eigenvalue weighted by Gasteiger charge is -2.06. The van der Waals surface area contributed by atoms with Gasteiger partial charge in [-0.05, 0) is 30.3 Å². The predicted octanol–water partition coefficient (Wildman–Crippen LogP) is 3.35. The van der Waals surface area contributed by atoms with Crippen molar-refractivity contribution < 1.29 is 9.53 Å². The summed E-state index contributed by atoms with van der Waals surface area (Å²) in [6, 6.07) is 10.9. The molecular formula is C15H12N4O2S2. The van der Waals surface area contributed by atoms with E-state index < -0.39 is 0 Å². The van der Waals surface area contributed by atoms with Crippen molar-refractivity contribution in [1.29, 1.82) is 0 Å². The van der Waals surface area contributed by atoms with E-state index >= 15 is 0 Å². The number of hydrogen-bond acceptors (Lipinski definition) is 7. The van der Waals surface area contributed by atoms with E-state index in [1.54, 1.807) is 17.6 Å². The van der Waals surface area contributed by atoms with Crippen LogP contribution in [0.3, 0.4) is 0 Å². The van der Waals surface area contributed by atoms with Crippen LogP contribution in [-0.4, -0.2) is 28.2 Å². The molecule has 0 unspecified atom stereocenters. The second kappa shape index (κ2) is 7.21. The first-order chi connectivity index (χ1) is 11.2. The summed E-state index contributed by atoms with van der Waals surface area (Å²) in [5, 5.41) is 10.6. The minimum Gasteiger partial charge on any atom is -0.481 e. The Balaban J connectivity index is 1.64. The van der Waals surface area contributed by atoms with E-state index in [1.165, 1.54) is 36.4 Å². The first-order valence-electron chi connectivity index (χ1n) is 6.60. The molecule has 116 valence electrons. The third-order valence-electron chi connectivity index (χ3n) is 2.87. The van der Waals surface area contributed by atoms with Crippen molar-refractivity contribution in [2.45, 2.75) is 9.24 Å². The molecule has 1 amide bonds. The fraction of sp³-hybridized carbons (Fsp3) is 0.0667. The van der Waals surface area contributed by atoms with Crippen LogP contribution in [0.2, 0.25) is 0 Å². The molecule has 2 heterocycles. The fourth-order valence-electron chi connectivity index (χ4n) is 1.75. The maximum Gasteiger partial charge on any atom is 0.257 e. The van der Waals surface area contributed by atoms with E-state index in [0.717, 1.165) is 9.24 Å². The smallest absolute Gasteiger partial charge is 0.257 e. The molecular weight excluding hydrogens is 332 g/mol. The van der Waals surface area contributed by atoms with Gasteiger partial charge in [0.2, 0.25) is 5.88 Å². The fourth-order valence-corrected chi connectivity index (χ4v) is 3.20. The summed E-state index contributed by atoms with van der Waals surface area (Å²) in [4.78, 5) is 17.2. The first-order valence-corrected chi connectivity index (χ1v) is 8.30.